The molecule has 6 heterocycles. The van der Waals surface area contributed by atoms with Crippen molar-refractivity contribution in [3.63, 3.8) is 0 Å². The fraction of sp³-hybridized carbons (Fsp3) is 0.367. The molecule has 42 heavy (non-hydrogen) atoms. The Balaban J connectivity index is 1.23. The second kappa shape index (κ2) is 9.23. The molecule has 1 amide bonds. The first-order valence-electron chi connectivity index (χ1n) is 14.2. The highest BCUT2D eigenvalue weighted by Gasteiger charge is 2.48. The predicted octanol–water partition coefficient (Wildman–Crippen LogP) is 2.24. The van der Waals surface area contributed by atoms with Gasteiger partial charge in [0.25, 0.3) is 11.5 Å². The molecule has 2 bridgehead atoms. The van der Waals surface area contributed by atoms with Crippen LogP contribution in [0, 0.1) is 0 Å². The fourth-order valence-corrected chi connectivity index (χ4v) is 6.55. The van der Waals surface area contributed by atoms with E-state index in [0.29, 0.717) is 46.2 Å². The largest absolute Gasteiger partial charge is 0.480 e. The lowest BCUT2D eigenvalue weighted by Gasteiger charge is -2.32. The van der Waals surface area contributed by atoms with Crippen LogP contribution in [0.3, 0.4) is 0 Å². The van der Waals surface area contributed by atoms with Crippen LogP contribution in [0.15, 0.2) is 53.5 Å². The molecule has 4 aromatic rings. The van der Waals surface area contributed by atoms with Gasteiger partial charge in [0.15, 0.2) is 29.6 Å². The van der Waals surface area contributed by atoms with Gasteiger partial charge in [-0.3, -0.25) is 14.5 Å². The Morgan fingerprint density at radius 2 is 2.00 bits per heavy atom. The van der Waals surface area contributed by atoms with E-state index in [4.69, 9.17) is 14.7 Å². The number of anilines is 3. The number of hydrogen-bond acceptors (Lipinski definition) is 9. The van der Waals surface area contributed by atoms with Crippen molar-refractivity contribution in [3.05, 3.63) is 70.2 Å². The molecular weight excluding hydrogens is 536 g/mol. The first kappa shape index (κ1) is 25.2. The van der Waals surface area contributed by atoms with Crippen molar-refractivity contribution in [2.75, 3.05) is 37.0 Å². The minimum Gasteiger partial charge on any atom is -0.480 e. The van der Waals surface area contributed by atoms with Crippen molar-refractivity contribution in [2.45, 2.75) is 43.9 Å². The second-order valence-corrected chi connectivity index (χ2v) is 11.7. The molecule has 1 unspecified atom stereocenters. The summed E-state index contributed by atoms with van der Waals surface area (Å²) in [6, 6.07) is 9.93. The number of nitrogens with zero attached hydrogens (tertiary/aromatic N) is 7. The van der Waals surface area contributed by atoms with E-state index < -0.39 is 6.10 Å². The molecule has 0 radical (unpaired) electrons. The highest BCUT2D eigenvalue weighted by Crippen LogP contribution is 2.52. The van der Waals surface area contributed by atoms with Crippen LogP contribution >= 0.6 is 0 Å². The van der Waals surface area contributed by atoms with E-state index in [1.54, 1.807) is 16.8 Å². The number of benzene rings is 1. The molecule has 1 spiro atoms. The van der Waals surface area contributed by atoms with Crippen molar-refractivity contribution in [3.8, 4) is 11.6 Å². The number of rotatable bonds is 2. The third-order valence-electron chi connectivity index (χ3n) is 8.67. The zero-order valence-electron chi connectivity index (χ0n) is 23.2. The number of aliphatic hydroxyl groups is 1. The normalized spacial score (nSPS) is 20.9. The topological polar surface area (TPSA) is 131 Å². The maximum Gasteiger partial charge on any atom is 0.278 e. The van der Waals surface area contributed by atoms with Gasteiger partial charge in [-0.25, -0.2) is 19.3 Å². The molecule has 1 saturated carbocycles. The van der Waals surface area contributed by atoms with Gasteiger partial charge in [-0.15, -0.1) is 0 Å². The zero-order valence-corrected chi connectivity index (χ0v) is 23.2. The fourth-order valence-electron chi connectivity index (χ4n) is 6.55. The number of ether oxygens (including phenoxy) is 1. The predicted molar refractivity (Wildman–Crippen MR) is 156 cm³/mol. The van der Waals surface area contributed by atoms with Crippen molar-refractivity contribution < 1.29 is 14.6 Å². The minimum atomic E-state index is -0.790. The lowest BCUT2D eigenvalue weighted by molar-refractivity contribution is -0.121. The molecule has 0 saturated heterocycles. The molecule has 3 aliphatic heterocycles. The van der Waals surface area contributed by atoms with Gasteiger partial charge in [-0.1, -0.05) is 18.2 Å². The van der Waals surface area contributed by atoms with Crippen LogP contribution in [0.25, 0.3) is 16.9 Å². The van der Waals surface area contributed by atoms with Gasteiger partial charge in [-0.2, -0.15) is 4.98 Å². The van der Waals surface area contributed by atoms with Gasteiger partial charge in [0.05, 0.1) is 19.2 Å². The number of fused-ring (bicyclic) bond motifs is 7. The average molecular weight is 567 g/mol. The molecule has 1 atom stereocenters. The van der Waals surface area contributed by atoms with E-state index in [-0.39, 0.29) is 31.2 Å². The molecule has 1 aliphatic carbocycles. The summed E-state index contributed by atoms with van der Waals surface area (Å²) in [4.78, 5) is 44.2. The SMILES string of the molecule is CN1Cc2cc(Nc3ncc4c(=O)n5n(c4n3)-c3ccc4c(n3)N(CC(O)CC=CC5)C(=O)CO4)ccc2C2(CC2)C1. The van der Waals surface area contributed by atoms with Gasteiger partial charge < -0.3 is 20.1 Å². The van der Waals surface area contributed by atoms with Crippen LogP contribution in [-0.4, -0.2) is 73.1 Å². The summed E-state index contributed by atoms with van der Waals surface area (Å²) in [5.41, 5.74) is 4.06. The van der Waals surface area contributed by atoms with Crippen LogP contribution in [-0.2, 0) is 23.3 Å². The van der Waals surface area contributed by atoms with Crippen LogP contribution in [0.5, 0.6) is 5.75 Å². The first-order valence-corrected chi connectivity index (χ1v) is 14.2. The molecular formula is C30H30N8O4. The molecule has 3 aromatic heterocycles. The number of aromatic nitrogens is 5. The van der Waals surface area contributed by atoms with Gasteiger partial charge in [0.2, 0.25) is 5.95 Å². The number of amides is 1. The van der Waals surface area contributed by atoms with Crippen molar-refractivity contribution >= 4 is 34.4 Å². The number of aliphatic hydroxyl groups excluding tert-OH is 1. The van der Waals surface area contributed by atoms with Crippen molar-refractivity contribution in [1.82, 2.24) is 29.2 Å². The molecule has 1 aromatic carbocycles. The van der Waals surface area contributed by atoms with Crippen molar-refractivity contribution in [2.24, 2.45) is 0 Å². The lowest BCUT2D eigenvalue weighted by atomic mass is 9.87. The molecule has 1 fully saturated rings. The van der Waals surface area contributed by atoms with E-state index in [1.807, 2.05) is 12.2 Å². The third-order valence-corrected chi connectivity index (χ3v) is 8.67. The van der Waals surface area contributed by atoms with E-state index in [2.05, 4.69) is 40.4 Å². The highest BCUT2D eigenvalue weighted by molar-refractivity contribution is 5.97. The minimum absolute atomic E-state index is 0.0865. The van der Waals surface area contributed by atoms with Crippen LogP contribution in [0.1, 0.15) is 30.4 Å². The number of nitrogens with one attached hydrogen (secondary N) is 1. The van der Waals surface area contributed by atoms with Crippen LogP contribution in [0.4, 0.5) is 17.5 Å². The summed E-state index contributed by atoms with van der Waals surface area (Å²) in [5.74, 6) is 1.19. The summed E-state index contributed by atoms with van der Waals surface area (Å²) < 4.78 is 8.80. The molecule has 12 nitrogen and oxygen atoms in total. The molecule has 2 N–H and O–H groups in total. The number of pyridine rings is 1. The molecule has 4 aliphatic rings. The van der Waals surface area contributed by atoms with Gasteiger partial charge >= 0.3 is 0 Å². The lowest BCUT2D eigenvalue weighted by Crippen LogP contribution is -2.44. The molecule has 12 heteroatoms. The first-order chi connectivity index (χ1) is 20.4. The van der Waals surface area contributed by atoms with E-state index in [9.17, 15) is 14.7 Å². The Bertz CT molecular complexity index is 1860. The van der Waals surface area contributed by atoms with Crippen LogP contribution < -0.4 is 20.5 Å². The molecule has 214 valence electrons. The number of carbonyl (C=O) groups excluding carboxylic acids is 1. The standard InChI is InChI=1S/C30H30N8O4/c1-35-14-18-12-19(5-6-22(18)30(17-35)9-10-30)32-29-31-13-21-26(34-29)38-24-8-7-23-27(33-24)36(25(40)16-42-23)15-20(39)4-2-3-11-37(38)28(21)41/h2-3,5-8,12-13,20,39H,4,9-11,14-17H2,1H3,(H,31,32,34). The monoisotopic (exact) mass is 566 g/mol. The summed E-state index contributed by atoms with van der Waals surface area (Å²) in [6.45, 7) is 2.19. The third kappa shape index (κ3) is 4.01. The Morgan fingerprint density at radius 1 is 1.12 bits per heavy atom. The average Bonchev–Trinajstić information content (AvgIpc) is 3.68. The Morgan fingerprint density at radius 3 is 2.86 bits per heavy atom. The Kier molecular flexibility index (Phi) is 5.53. The maximum atomic E-state index is 13.6. The highest BCUT2D eigenvalue weighted by atomic mass is 16.5. The smallest absolute Gasteiger partial charge is 0.278 e. The maximum absolute atomic E-state index is 13.6. The number of carbonyl (C=O) groups is 1. The van der Waals surface area contributed by atoms with E-state index in [0.717, 1.165) is 18.8 Å². The summed E-state index contributed by atoms with van der Waals surface area (Å²) in [5, 5.41) is 14.3. The number of likely N-dealkylation sites (N-methyl/N-ethyl adjacent to an activating group) is 1. The summed E-state index contributed by atoms with van der Waals surface area (Å²) in [6.07, 6.45) is 7.16. The zero-order chi connectivity index (χ0) is 28.6. The number of allylic oxidation sites excluding steroid dienone is 1. The van der Waals surface area contributed by atoms with E-state index >= 15 is 0 Å². The summed E-state index contributed by atoms with van der Waals surface area (Å²) >= 11 is 0. The Labute approximate surface area is 240 Å². The van der Waals surface area contributed by atoms with Crippen molar-refractivity contribution in [1.29, 1.82) is 0 Å². The van der Waals surface area contributed by atoms with Gasteiger partial charge in [0.1, 0.15) is 5.39 Å². The van der Waals surface area contributed by atoms with Crippen LogP contribution in [0.2, 0.25) is 0 Å². The quantitative estimate of drug-likeness (QED) is 0.351. The molecule has 8 rings (SSSR count). The summed E-state index contributed by atoms with van der Waals surface area (Å²) in [7, 11) is 2.17. The second-order valence-electron chi connectivity index (χ2n) is 11.7. The van der Waals surface area contributed by atoms with Gasteiger partial charge in [-0.05, 0) is 61.7 Å². The van der Waals surface area contributed by atoms with E-state index in [1.165, 1.54) is 39.7 Å². The van der Waals surface area contributed by atoms with Gasteiger partial charge in [0, 0.05) is 30.4 Å². The Hall–Kier alpha value is -4.55. The number of hydrogen-bond donors (Lipinski definition) is 2.